The highest BCUT2D eigenvalue weighted by Crippen LogP contribution is 2.43. The van der Waals surface area contributed by atoms with Gasteiger partial charge < -0.3 is 34.8 Å². The van der Waals surface area contributed by atoms with Gasteiger partial charge in [-0.05, 0) is 64.1 Å². The molecule has 1 heterocycles. The van der Waals surface area contributed by atoms with E-state index >= 15 is 0 Å². The number of ether oxygens (including phenoxy) is 3. The topological polar surface area (TPSA) is 147 Å². The van der Waals surface area contributed by atoms with Gasteiger partial charge in [-0.3, -0.25) is 5.32 Å². The second-order valence-corrected chi connectivity index (χ2v) is 9.13. The van der Waals surface area contributed by atoms with Crippen LogP contribution >= 0.6 is 0 Å². The molecular weight excluding hydrogens is 516 g/mol. The summed E-state index contributed by atoms with van der Waals surface area (Å²) in [4.78, 5) is 24.7. The van der Waals surface area contributed by atoms with E-state index in [1.165, 1.54) is 0 Å². The first-order valence-corrected chi connectivity index (χ1v) is 13.0. The van der Waals surface area contributed by atoms with E-state index in [1.807, 2.05) is 32.0 Å². The monoisotopic (exact) mass is 552 g/mol. The van der Waals surface area contributed by atoms with Crippen LogP contribution in [-0.2, 0) is 9.59 Å². The van der Waals surface area contributed by atoms with Crippen LogP contribution in [0.5, 0.6) is 17.2 Å². The van der Waals surface area contributed by atoms with Gasteiger partial charge in [-0.15, -0.1) is 0 Å². The van der Waals surface area contributed by atoms with E-state index < -0.39 is 30.2 Å². The third kappa shape index (κ3) is 7.64. The SMILES string of the molecule is CC=CC(NCC(O)COc1ccccc1)Oc1ccc(OCC)cc1C1C(C(=O)O)=C(C)NC(C)=C1C(=O)O. The Morgan fingerprint density at radius 1 is 1.00 bits per heavy atom. The molecule has 40 heavy (non-hydrogen) atoms. The highest BCUT2D eigenvalue weighted by Gasteiger charge is 2.38. The number of nitrogens with one attached hydrogen (secondary N) is 2. The number of rotatable bonds is 14. The van der Waals surface area contributed by atoms with Gasteiger partial charge in [0.05, 0.1) is 23.7 Å². The number of dihydropyridines is 1. The summed E-state index contributed by atoms with van der Waals surface area (Å²) in [6, 6.07) is 14.0. The van der Waals surface area contributed by atoms with Crippen LogP contribution in [0.25, 0.3) is 0 Å². The number of benzene rings is 2. The quantitative estimate of drug-likeness (QED) is 0.173. The molecule has 0 radical (unpaired) electrons. The Hall–Kier alpha value is -4.28. The number of aliphatic carboxylic acids is 2. The Balaban J connectivity index is 1.92. The van der Waals surface area contributed by atoms with Crippen molar-refractivity contribution in [1.29, 1.82) is 0 Å². The van der Waals surface area contributed by atoms with Crippen molar-refractivity contribution in [2.75, 3.05) is 19.8 Å². The van der Waals surface area contributed by atoms with E-state index in [0.29, 0.717) is 35.1 Å². The van der Waals surface area contributed by atoms with Gasteiger partial charge in [0.15, 0.2) is 6.23 Å². The molecule has 0 aliphatic carbocycles. The molecule has 0 aromatic heterocycles. The van der Waals surface area contributed by atoms with Crippen molar-refractivity contribution in [3.8, 4) is 17.2 Å². The lowest BCUT2D eigenvalue weighted by atomic mass is 9.80. The number of hydrogen-bond acceptors (Lipinski definition) is 8. The molecule has 3 rings (SSSR count). The first-order chi connectivity index (χ1) is 19.2. The van der Waals surface area contributed by atoms with Crippen LogP contribution in [0, 0.1) is 0 Å². The van der Waals surface area contributed by atoms with Crippen molar-refractivity contribution in [3.05, 3.63) is 88.8 Å². The second-order valence-electron chi connectivity index (χ2n) is 9.13. The highest BCUT2D eigenvalue weighted by atomic mass is 16.5. The minimum atomic E-state index is -1.25. The summed E-state index contributed by atoms with van der Waals surface area (Å²) >= 11 is 0. The zero-order chi connectivity index (χ0) is 29.2. The van der Waals surface area contributed by atoms with E-state index in [1.54, 1.807) is 56.3 Å². The first-order valence-electron chi connectivity index (χ1n) is 13.0. The van der Waals surface area contributed by atoms with E-state index in [0.717, 1.165) is 0 Å². The van der Waals surface area contributed by atoms with Gasteiger partial charge in [-0.2, -0.15) is 0 Å². The Bertz CT molecular complexity index is 1250. The third-order valence-electron chi connectivity index (χ3n) is 6.19. The Morgan fingerprint density at radius 2 is 1.65 bits per heavy atom. The minimum absolute atomic E-state index is 0.0566. The van der Waals surface area contributed by atoms with Crippen molar-refractivity contribution < 1.29 is 39.1 Å². The molecular formula is C30H36N2O8. The fourth-order valence-corrected chi connectivity index (χ4v) is 4.47. The molecule has 2 aromatic rings. The number of aliphatic hydroxyl groups is 1. The zero-order valence-electron chi connectivity index (χ0n) is 23.0. The molecule has 0 spiro atoms. The summed E-state index contributed by atoms with van der Waals surface area (Å²) < 4.78 is 17.5. The van der Waals surface area contributed by atoms with Gasteiger partial charge in [0, 0.05) is 23.5 Å². The van der Waals surface area contributed by atoms with Crippen molar-refractivity contribution in [1.82, 2.24) is 10.6 Å². The number of carboxylic acids is 2. The van der Waals surface area contributed by atoms with Crippen LogP contribution in [0.2, 0.25) is 0 Å². The van der Waals surface area contributed by atoms with Crippen LogP contribution in [0.4, 0.5) is 0 Å². The zero-order valence-corrected chi connectivity index (χ0v) is 23.0. The molecule has 5 N–H and O–H groups in total. The maximum absolute atomic E-state index is 12.4. The molecule has 1 aliphatic heterocycles. The number of carboxylic acid groups (broad SMARTS) is 2. The molecule has 214 valence electrons. The third-order valence-corrected chi connectivity index (χ3v) is 6.19. The van der Waals surface area contributed by atoms with E-state index in [4.69, 9.17) is 14.2 Å². The molecule has 10 nitrogen and oxygen atoms in total. The molecule has 2 atom stereocenters. The molecule has 0 bridgehead atoms. The molecule has 0 fully saturated rings. The molecule has 2 aromatic carbocycles. The maximum atomic E-state index is 12.4. The van der Waals surface area contributed by atoms with Crippen molar-refractivity contribution in [3.63, 3.8) is 0 Å². The van der Waals surface area contributed by atoms with Crippen LogP contribution in [0.1, 0.15) is 39.2 Å². The lowest BCUT2D eigenvalue weighted by Gasteiger charge is -2.31. The molecule has 2 unspecified atom stereocenters. The largest absolute Gasteiger partial charge is 0.494 e. The number of aliphatic hydroxyl groups excluding tert-OH is 1. The standard InChI is InChI=1S/C30H36N2O8/c1-5-10-25(31-16-20(33)17-39-21-11-8-7-9-12-21)40-24-14-13-22(38-6-2)15-23(24)28-26(29(34)35)18(3)32-19(4)27(28)30(36)37/h5,7-15,20,25,28,31-33H,6,16-17H2,1-4H3,(H,34,35)(H,36,37). The second kappa shape index (κ2) is 14.2. The summed E-state index contributed by atoms with van der Waals surface area (Å²) in [5, 5.41) is 36.6. The lowest BCUT2D eigenvalue weighted by molar-refractivity contribution is -0.133. The van der Waals surface area contributed by atoms with Crippen LogP contribution in [-0.4, -0.2) is 59.3 Å². The average Bonchev–Trinajstić information content (AvgIpc) is 2.91. The fraction of sp³-hybridized carbons (Fsp3) is 0.333. The van der Waals surface area contributed by atoms with Crippen molar-refractivity contribution in [2.45, 2.75) is 45.9 Å². The van der Waals surface area contributed by atoms with E-state index in [9.17, 15) is 24.9 Å². The van der Waals surface area contributed by atoms with Crippen molar-refractivity contribution in [2.24, 2.45) is 0 Å². The molecule has 0 saturated heterocycles. The van der Waals surface area contributed by atoms with Gasteiger partial charge in [-0.25, -0.2) is 9.59 Å². The van der Waals surface area contributed by atoms with E-state index in [2.05, 4.69) is 10.6 Å². The Morgan fingerprint density at radius 3 is 2.23 bits per heavy atom. The van der Waals surface area contributed by atoms with Crippen LogP contribution in [0.15, 0.2) is 83.2 Å². The van der Waals surface area contributed by atoms with Gasteiger partial charge in [0.25, 0.3) is 0 Å². The van der Waals surface area contributed by atoms with Crippen LogP contribution in [0.3, 0.4) is 0 Å². The van der Waals surface area contributed by atoms with Gasteiger partial charge in [0.1, 0.15) is 30.0 Å². The maximum Gasteiger partial charge on any atom is 0.334 e. The van der Waals surface area contributed by atoms with Gasteiger partial charge >= 0.3 is 11.9 Å². The fourth-order valence-electron chi connectivity index (χ4n) is 4.47. The van der Waals surface area contributed by atoms with E-state index in [-0.39, 0.29) is 30.0 Å². The Labute approximate surface area is 233 Å². The molecule has 0 amide bonds. The molecule has 10 heteroatoms. The summed E-state index contributed by atoms with van der Waals surface area (Å²) in [5.74, 6) is -2.30. The molecule has 0 saturated carbocycles. The smallest absolute Gasteiger partial charge is 0.334 e. The minimum Gasteiger partial charge on any atom is -0.494 e. The summed E-state index contributed by atoms with van der Waals surface area (Å²) in [7, 11) is 0. The normalized spacial score (nSPS) is 15.5. The number of hydrogen-bond donors (Lipinski definition) is 5. The average molecular weight is 553 g/mol. The predicted octanol–water partition coefficient (Wildman–Crippen LogP) is 3.80. The summed E-state index contributed by atoms with van der Waals surface area (Å²) in [6.07, 6.45) is 1.91. The number of carbonyl (C=O) groups is 2. The summed E-state index contributed by atoms with van der Waals surface area (Å²) in [5.41, 5.74) is 0.774. The summed E-state index contributed by atoms with van der Waals surface area (Å²) in [6.45, 7) is 7.35. The number of para-hydroxylation sites is 1. The van der Waals surface area contributed by atoms with Gasteiger partial charge in [-0.1, -0.05) is 24.3 Å². The first kappa shape index (κ1) is 30.3. The number of allylic oxidation sites excluding steroid dienone is 3. The van der Waals surface area contributed by atoms with Gasteiger partial charge in [0.2, 0.25) is 0 Å². The molecule has 1 aliphatic rings. The highest BCUT2D eigenvalue weighted by molar-refractivity contribution is 5.98. The van der Waals surface area contributed by atoms with Crippen LogP contribution < -0.4 is 24.8 Å². The van der Waals surface area contributed by atoms with Crippen molar-refractivity contribution >= 4 is 11.9 Å². The Kier molecular flexibility index (Phi) is 10.7. The lowest BCUT2D eigenvalue weighted by Crippen LogP contribution is -2.40. The predicted molar refractivity (Wildman–Crippen MR) is 149 cm³/mol.